The Morgan fingerprint density at radius 1 is 1.68 bits per heavy atom. The van der Waals surface area contributed by atoms with E-state index in [4.69, 9.17) is 0 Å². The Kier molecular flexibility index (Phi) is 5.25. The molecule has 1 atom stereocenters. The van der Waals surface area contributed by atoms with Gasteiger partial charge in [0.25, 0.3) is 0 Å². The van der Waals surface area contributed by atoms with Crippen molar-refractivity contribution in [2.24, 2.45) is 0 Å². The summed E-state index contributed by atoms with van der Waals surface area (Å²) in [6.07, 6.45) is -0.767. The van der Waals surface area contributed by atoms with Gasteiger partial charge in [-0.15, -0.1) is 11.3 Å². The number of likely N-dealkylation sites (N-methyl/N-ethyl adjacent to an activating group) is 2. The molecule has 0 unspecified atom stereocenters. The molecule has 1 heterocycles. The summed E-state index contributed by atoms with van der Waals surface area (Å²) >= 11 is 1.14. The van der Waals surface area contributed by atoms with Crippen molar-refractivity contribution in [3.8, 4) is 0 Å². The monoisotopic (exact) mass is 287 g/mol. The number of aliphatic hydroxyl groups is 1. The highest BCUT2D eigenvalue weighted by Gasteiger charge is 2.25. The van der Waals surface area contributed by atoms with E-state index in [-0.39, 0.29) is 18.1 Å². The number of thiophene rings is 1. The van der Waals surface area contributed by atoms with Crippen molar-refractivity contribution in [2.75, 3.05) is 25.0 Å². The topological polar surface area (TPSA) is 95.7 Å². The molecule has 19 heavy (non-hydrogen) atoms. The minimum Gasteiger partial charge on any atom is -0.388 e. The number of carbonyl (C=O) groups excluding carboxylic acids is 1. The van der Waals surface area contributed by atoms with Gasteiger partial charge in [-0.1, -0.05) is 0 Å². The Morgan fingerprint density at radius 3 is 2.74 bits per heavy atom. The second kappa shape index (κ2) is 6.48. The van der Waals surface area contributed by atoms with Gasteiger partial charge in [0.1, 0.15) is 0 Å². The van der Waals surface area contributed by atoms with Gasteiger partial charge in [-0.2, -0.15) is 0 Å². The predicted octanol–water partition coefficient (Wildman–Crippen LogP) is 1.28. The predicted molar refractivity (Wildman–Crippen MR) is 73.6 cm³/mol. The number of carbonyl (C=O) groups is 1. The zero-order valence-corrected chi connectivity index (χ0v) is 11.9. The molecule has 1 amide bonds. The summed E-state index contributed by atoms with van der Waals surface area (Å²) in [6, 6.07) is 1.36. The number of hydrogen-bond donors (Lipinski definition) is 2. The van der Waals surface area contributed by atoms with E-state index < -0.39 is 11.0 Å². The lowest BCUT2D eigenvalue weighted by Crippen LogP contribution is -2.35. The average Bonchev–Trinajstić information content (AvgIpc) is 2.80. The van der Waals surface area contributed by atoms with Gasteiger partial charge in [0.2, 0.25) is 5.91 Å². The van der Waals surface area contributed by atoms with Crippen LogP contribution in [0.4, 0.5) is 10.7 Å². The molecule has 0 aliphatic carbocycles. The first-order valence-corrected chi connectivity index (χ1v) is 6.64. The van der Waals surface area contributed by atoms with Gasteiger partial charge < -0.3 is 15.3 Å². The lowest BCUT2D eigenvalue weighted by Gasteiger charge is -2.19. The molecule has 8 heteroatoms. The van der Waals surface area contributed by atoms with E-state index in [9.17, 15) is 20.0 Å². The van der Waals surface area contributed by atoms with Crippen molar-refractivity contribution >= 4 is 27.9 Å². The van der Waals surface area contributed by atoms with Crippen molar-refractivity contribution < 1.29 is 14.8 Å². The molecule has 2 N–H and O–H groups in total. The number of nitro groups is 1. The van der Waals surface area contributed by atoms with Gasteiger partial charge in [0, 0.05) is 24.5 Å². The Hall–Kier alpha value is -1.67. The van der Waals surface area contributed by atoms with Crippen LogP contribution in [-0.4, -0.2) is 36.1 Å². The molecule has 0 saturated carbocycles. The third kappa shape index (κ3) is 3.65. The van der Waals surface area contributed by atoms with Crippen LogP contribution in [0.2, 0.25) is 0 Å². The summed E-state index contributed by atoms with van der Waals surface area (Å²) in [4.78, 5) is 24.1. The molecule has 7 nitrogen and oxygen atoms in total. The Balaban J connectivity index is 3.14. The van der Waals surface area contributed by atoms with Crippen LogP contribution >= 0.6 is 11.3 Å². The van der Waals surface area contributed by atoms with E-state index in [1.807, 2.05) is 6.92 Å². The first kappa shape index (κ1) is 15.4. The highest BCUT2D eigenvalue weighted by molar-refractivity contribution is 7.16. The van der Waals surface area contributed by atoms with E-state index >= 15 is 0 Å². The number of nitrogens with zero attached hydrogens (tertiary/aromatic N) is 2. The van der Waals surface area contributed by atoms with E-state index in [0.717, 1.165) is 11.3 Å². The summed E-state index contributed by atoms with van der Waals surface area (Å²) in [6.45, 7) is 3.88. The molecule has 0 saturated heterocycles. The van der Waals surface area contributed by atoms with Gasteiger partial charge in [-0.25, -0.2) is 0 Å². The maximum absolute atomic E-state index is 11.4. The van der Waals surface area contributed by atoms with Crippen molar-refractivity contribution in [1.29, 1.82) is 0 Å². The van der Waals surface area contributed by atoms with Crippen molar-refractivity contribution in [1.82, 2.24) is 5.32 Å². The molecule has 0 aromatic carbocycles. The van der Waals surface area contributed by atoms with Gasteiger partial charge in [0.15, 0.2) is 5.00 Å². The molecule has 0 aliphatic heterocycles. The number of aliphatic hydroxyl groups excluding tert-OH is 1. The lowest BCUT2D eigenvalue weighted by atomic mass is 10.3. The second-order valence-electron chi connectivity index (χ2n) is 3.96. The Labute approximate surface area is 115 Å². The summed E-state index contributed by atoms with van der Waals surface area (Å²) in [5.41, 5.74) is -0.0772. The minimum atomic E-state index is -0.767. The maximum Gasteiger partial charge on any atom is 0.304 e. The average molecular weight is 287 g/mol. The fourth-order valence-electron chi connectivity index (χ4n) is 1.53. The van der Waals surface area contributed by atoms with Crippen LogP contribution in [0, 0.1) is 10.1 Å². The van der Waals surface area contributed by atoms with Crippen LogP contribution in [-0.2, 0) is 4.79 Å². The summed E-state index contributed by atoms with van der Waals surface area (Å²) in [7, 11) is 1.51. The molecular weight excluding hydrogens is 270 g/mol. The standard InChI is InChI=1S/C11H17N3O4S/c1-4-13(6-10(16)12-3)11-8(14(17)18)5-9(19-11)7(2)15/h5,7,15H,4,6H2,1-3H3,(H,12,16)/t7-/m1/s1. The zero-order chi connectivity index (χ0) is 14.6. The van der Waals surface area contributed by atoms with Crippen LogP contribution < -0.4 is 10.2 Å². The molecule has 0 bridgehead atoms. The second-order valence-corrected chi connectivity index (χ2v) is 5.02. The quantitative estimate of drug-likeness (QED) is 0.607. The first-order valence-electron chi connectivity index (χ1n) is 5.82. The van der Waals surface area contributed by atoms with Crippen LogP contribution in [0.25, 0.3) is 0 Å². The normalized spacial score (nSPS) is 12.0. The summed E-state index contributed by atoms with van der Waals surface area (Å²) < 4.78 is 0. The van der Waals surface area contributed by atoms with Crippen molar-refractivity contribution in [2.45, 2.75) is 20.0 Å². The van der Waals surface area contributed by atoms with Crippen molar-refractivity contribution in [3.63, 3.8) is 0 Å². The lowest BCUT2D eigenvalue weighted by molar-refractivity contribution is -0.383. The van der Waals surface area contributed by atoms with E-state index in [0.29, 0.717) is 16.4 Å². The van der Waals surface area contributed by atoms with E-state index in [1.165, 1.54) is 13.1 Å². The molecule has 0 aliphatic rings. The third-order valence-electron chi connectivity index (χ3n) is 2.60. The molecule has 0 spiro atoms. The van der Waals surface area contributed by atoms with Crippen LogP contribution in [0.3, 0.4) is 0 Å². The summed E-state index contributed by atoms with van der Waals surface area (Å²) in [5, 5.41) is 23.4. The molecule has 0 fully saturated rings. The molecule has 1 rings (SSSR count). The largest absolute Gasteiger partial charge is 0.388 e. The first-order chi connectivity index (χ1) is 8.90. The smallest absolute Gasteiger partial charge is 0.304 e. The zero-order valence-electron chi connectivity index (χ0n) is 11.0. The SMILES string of the molecule is CCN(CC(=O)NC)c1sc([C@@H](C)O)cc1[N+](=O)[O-]. The van der Waals surface area contributed by atoms with Gasteiger partial charge in [-0.05, 0) is 13.8 Å². The van der Waals surface area contributed by atoms with Crippen LogP contribution in [0.5, 0.6) is 0 Å². The van der Waals surface area contributed by atoms with Gasteiger partial charge in [0.05, 0.1) is 17.6 Å². The third-order valence-corrected chi connectivity index (χ3v) is 3.96. The molecule has 106 valence electrons. The number of nitrogens with one attached hydrogen (secondary N) is 1. The fraction of sp³-hybridized carbons (Fsp3) is 0.545. The highest BCUT2D eigenvalue weighted by atomic mass is 32.1. The molecule has 1 aromatic heterocycles. The van der Waals surface area contributed by atoms with Gasteiger partial charge in [-0.3, -0.25) is 14.9 Å². The number of hydrogen-bond acceptors (Lipinski definition) is 6. The maximum atomic E-state index is 11.4. The fourth-order valence-corrected chi connectivity index (χ4v) is 2.66. The number of amides is 1. The van der Waals surface area contributed by atoms with E-state index in [2.05, 4.69) is 5.32 Å². The summed E-state index contributed by atoms with van der Waals surface area (Å²) in [5.74, 6) is -0.219. The molecule has 0 radical (unpaired) electrons. The Bertz CT molecular complexity index is 473. The highest BCUT2D eigenvalue weighted by Crippen LogP contribution is 2.39. The Morgan fingerprint density at radius 2 is 2.32 bits per heavy atom. The van der Waals surface area contributed by atoms with Gasteiger partial charge >= 0.3 is 5.69 Å². The molecular formula is C11H17N3O4S. The number of anilines is 1. The van der Waals surface area contributed by atoms with E-state index in [1.54, 1.807) is 11.8 Å². The van der Waals surface area contributed by atoms with Crippen LogP contribution in [0.15, 0.2) is 6.07 Å². The number of rotatable bonds is 6. The van der Waals surface area contributed by atoms with Crippen LogP contribution in [0.1, 0.15) is 24.8 Å². The van der Waals surface area contributed by atoms with Crippen molar-refractivity contribution in [3.05, 3.63) is 21.1 Å². The molecule has 1 aromatic rings. The minimum absolute atomic E-state index is 0.0492.